The highest BCUT2D eigenvalue weighted by molar-refractivity contribution is 6.30. The lowest BCUT2D eigenvalue weighted by Crippen LogP contribution is -2.30. The van der Waals surface area contributed by atoms with Gasteiger partial charge in [0.2, 0.25) is 0 Å². The molecule has 0 aliphatic carbocycles. The van der Waals surface area contributed by atoms with Crippen molar-refractivity contribution in [3.63, 3.8) is 0 Å². The Hall–Kier alpha value is -3.73. The number of carbonyl (C=O) groups excluding carboxylic acids is 1. The minimum absolute atomic E-state index is 0.0447. The van der Waals surface area contributed by atoms with E-state index < -0.39 is 6.04 Å². The molecule has 5 aromatic rings. The van der Waals surface area contributed by atoms with Crippen LogP contribution in [0.15, 0.2) is 97.3 Å². The molecule has 0 unspecified atom stereocenters. The first-order chi connectivity index (χ1) is 17.1. The quantitative estimate of drug-likeness (QED) is 0.237. The van der Waals surface area contributed by atoms with Crippen LogP contribution in [0, 0.1) is 6.92 Å². The average Bonchev–Trinajstić information content (AvgIpc) is 3.32. The van der Waals surface area contributed by atoms with Crippen LogP contribution in [0.1, 0.15) is 33.2 Å². The average molecular weight is 480 g/mol. The van der Waals surface area contributed by atoms with Gasteiger partial charge < -0.3 is 10.3 Å². The van der Waals surface area contributed by atoms with Gasteiger partial charge in [0.05, 0.1) is 6.04 Å². The topological polar surface area (TPSA) is 57.8 Å². The van der Waals surface area contributed by atoms with Crippen LogP contribution >= 0.6 is 11.6 Å². The fourth-order valence-corrected chi connectivity index (χ4v) is 4.45. The van der Waals surface area contributed by atoms with Crippen molar-refractivity contribution >= 4 is 28.3 Å². The van der Waals surface area contributed by atoms with E-state index in [0.29, 0.717) is 12.1 Å². The standard InChI is InChI=1S/C30H26ClN3O/c1-20-7-10-24(18-33-20)23-11-14-26-27(19-34-28(26)17-23)30(35)29(22-5-3-2-4-6-22)32-16-15-21-8-12-25(31)13-9-21/h2-14,17-19,29,32,34H,15-16H2,1H3/t29-/m0/s1. The molecule has 35 heavy (non-hydrogen) atoms. The van der Waals surface area contributed by atoms with Gasteiger partial charge in [-0.05, 0) is 54.3 Å². The first-order valence-electron chi connectivity index (χ1n) is 11.7. The van der Waals surface area contributed by atoms with Gasteiger partial charge in [-0.3, -0.25) is 9.78 Å². The second-order valence-electron chi connectivity index (χ2n) is 8.69. The summed E-state index contributed by atoms with van der Waals surface area (Å²) in [4.78, 5) is 21.5. The van der Waals surface area contributed by atoms with Gasteiger partial charge in [-0.25, -0.2) is 0 Å². The maximum atomic E-state index is 13.8. The SMILES string of the molecule is Cc1ccc(-c2ccc3c(C(=O)[C@@H](NCCc4ccc(Cl)cc4)c4ccccc4)c[nH]c3c2)cn1. The molecule has 0 bridgehead atoms. The number of halogens is 1. The highest BCUT2D eigenvalue weighted by atomic mass is 35.5. The fourth-order valence-electron chi connectivity index (χ4n) is 4.32. The van der Waals surface area contributed by atoms with Gasteiger partial charge in [-0.15, -0.1) is 0 Å². The number of Topliss-reactive ketones (excluding diaryl/α,β-unsaturated/α-hetero) is 1. The molecule has 4 nitrogen and oxygen atoms in total. The third-order valence-corrected chi connectivity index (χ3v) is 6.51. The van der Waals surface area contributed by atoms with Crippen LogP contribution in [0.4, 0.5) is 0 Å². The van der Waals surface area contributed by atoms with Gasteiger partial charge in [-0.1, -0.05) is 72.3 Å². The van der Waals surface area contributed by atoms with Crippen molar-refractivity contribution < 1.29 is 4.79 Å². The molecular weight excluding hydrogens is 454 g/mol. The Balaban J connectivity index is 1.40. The summed E-state index contributed by atoms with van der Waals surface area (Å²) in [5.41, 5.74) is 6.83. The first kappa shape index (κ1) is 23.0. The van der Waals surface area contributed by atoms with Crippen molar-refractivity contribution in [3.8, 4) is 11.1 Å². The number of aromatic nitrogens is 2. The number of nitrogens with one attached hydrogen (secondary N) is 2. The maximum Gasteiger partial charge on any atom is 0.186 e. The lowest BCUT2D eigenvalue weighted by Gasteiger charge is -2.18. The number of ketones is 1. The number of hydrogen-bond donors (Lipinski definition) is 2. The predicted octanol–water partition coefficient (Wildman–Crippen LogP) is 6.95. The molecule has 174 valence electrons. The van der Waals surface area contributed by atoms with Crippen molar-refractivity contribution in [1.29, 1.82) is 0 Å². The monoisotopic (exact) mass is 479 g/mol. The Labute approximate surface area is 210 Å². The Bertz CT molecular complexity index is 1440. The summed E-state index contributed by atoms with van der Waals surface area (Å²) in [6, 6.07) is 27.5. The molecule has 2 aromatic heterocycles. The second kappa shape index (κ2) is 10.3. The summed E-state index contributed by atoms with van der Waals surface area (Å²) in [5, 5.41) is 5.13. The molecule has 5 rings (SSSR count). The summed E-state index contributed by atoms with van der Waals surface area (Å²) in [6.45, 7) is 2.64. The van der Waals surface area contributed by atoms with Gasteiger partial charge in [0.25, 0.3) is 0 Å². The number of rotatable bonds is 8. The number of H-pyrrole nitrogens is 1. The molecule has 0 aliphatic rings. The van der Waals surface area contributed by atoms with Crippen molar-refractivity contribution in [1.82, 2.24) is 15.3 Å². The van der Waals surface area contributed by atoms with Crippen LogP contribution in [0.3, 0.4) is 0 Å². The van der Waals surface area contributed by atoms with Gasteiger partial charge in [0.1, 0.15) is 0 Å². The van der Waals surface area contributed by atoms with Gasteiger partial charge >= 0.3 is 0 Å². The zero-order chi connectivity index (χ0) is 24.2. The minimum Gasteiger partial charge on any atom is -0.360 e. The third kappa shape index (κ3) is 5.19. The number of pyridine rings is 1. The molecule has 0 saturated carbocycles. The Kier molecular flexibility index (Phi) is 6.75. The fraction of sp³-hybridized carbons (Fsp3) is 0.133. The molecule has 0 radical (unpaired) electrons. The van der Waals surface area contributed by atoms with Crippen LogP contribution in [0.2, 0.25) is 5.02 Å². The van der Waals surface area contributed by atoms with E-state index in [0.717, 1.165) is 44.7 Å². The Morgan fingerprint density at radius 2 is 1.74 bits per heavy atom. The van der Waals surface area contributed by atoms with E-state index in [-0.39, 0.29) is 5.78 Å². The number of nitrogens with zero attached hydrogens (tertiary/aromatic N) is 1. The van der Waals surface area contributed by atoms with Gasteiger partial charge in [0, 0.05) is 51.7 Å². The Morgan fingerprint density at radius 1 is 0.971 bits per heavy atom. The maximum absolute atomic E-state index is 13.8. The van der Waals surface area contributed by atoms with Gasteiger partial charge in [0.15, 0.2) is 5.78 Å². The highest BCUT2D eigenvalue weighted by Gasteiger charge is 2.24. The summed E-state index contributed by atoms with van der Waals surface area (Å²) < 4.78 is 0. The molecule has 2 heterocycles. The van der Waals surface area contributed by atoms with Crippen molar-refractivity contribution in [2.45, 2.75) is 19.4 Å². The zero-order valence-corrected chi connectivity index (χ0v) is 20.2. The smallest absolute Gasteiger partial charge is 0.186 e. The number of fused-ring (bicyclic) bond motifs is 1. The summed E-state index contributed by atoms with van der Waals surface area (Å²) in [5.74, 6) is 0.0447. The van der Waals surface area contributed by atoms with E-state index in [1.54, 1.807) is 0 Å². The number of hydrogen-bond acceptors (Lipinski definition) is 3. The summed E-state index contributed by atoms with van der Waals surface area (Å²) in [7, 11) is 0. The largest absolute Gasteiger partial charge is 0.360 e. The molecule has 3 aromatic carbocycles. The first-order valence-corrected chi connectivity index (χ1v) is 12.1. The summed E-state index contributed by atoms with van der Waals surface area (Å²) >= 11 is 6.01. The molecule has 0 aliphatic heterocycles. The van der Waals surface area contributed by atoms with Crippen molar-refractivity contribution in [3.05, 3.63) is 125 Å². The number of carbonyl (C=O) groups is 1. The third-order valence-electron chi connectivity index (χ3n) is 6.26. The highest BCUT2D eigenvalue weighted by Crippen LogP contribution is 2.29. The van der Waals surface area contributed by atoms with Crippen LogP contribution < -0.4 is 5.32 Å². The number of benzene rings is 3. The second-order valence-corrected chi connectivity index (χ2v) is 9.13. The van der Waals surface area contributed by atoms with Gasteiger partial charge in [-0.2, -0.15) is 0 Å². The van der Waals surface area contributed by atoms with Crippen LogP contribution in [0.25, 0.3) is 22.0 Å². The molecule has 0 spiro atoms. The zero-order valence-electron chi connectivity index (χ0n) is 19.5. The normalized spacial score (nSPS) is 12.1. The lowest BCUT2D eigenvalue weighted by atomic mass is 9.96. The predicted molar refractivity (Wildman–Crippen MR) is 143 cm³/mol. The van der Waals surface area contributed by atoms with E-state index in [1.165, 1.54) is 5.56 Å². The number of aromatic amines is 1. The van der Waals surface area contributed by atoms with Crippen LogP contribution in [0.5, 0.6) is 0 Å². The summed E-state index contributed by atoms with van der Waals surface area (Å²) in [6.07, 6.45) is 4.50. The Morgan fingerprint density at radius 3 is 2.49 bits per heavy atom. The van der Waals surface area contributed by atoms with Crippen molar-refractivity contribution in [2.24, 2.45) is 0 Å². The minimum atomic E-state index is -0.441. The lowest BCUT2D eigenvalue weighted by molar-refractivity contribution is 0.0945. The van der Waals surface area contributed by atoms with E-state index in [1.807, 2.05) is 92.1 Å². The van der Waals surface area contributed by atoms with E-state index in [9.17, 15) is 4.79 Å². The van der Waals surface area contributed by atoms with E-state index in [4.69, 9.17) is 11.6 Å². The van der Waals surface area contributed by atoms with Crippen LogP contribution in [-0.4, -0.2) is 22.3 Å². The molecule has 0 amide bonds. The molecular formula is C30H26ClN3O. The van der Waals surface area contributed by atoms with E-state index >= 15 is 0 Å². The molecule has 2 N–H and O–H groups in total. The molecule has 0 saturated heterocycles. The van der Waals surface area contributed by atoms with Crippen molar-refractivity contribution in [2.75, 3.05) is 6.54 Å². The molecule has 1 atom stereocenters. The van der Waals surface area contributed by atoms with Crippen LogP contribution in [-0.2, 0) is 6.42 Å². The number of aryl methyl sites for hydroxylation is 1. The molecule has 5 heteroatoms. The molecule has 0 fully saturated rings. The van der Waals surface area contributed by atoms with E-state index in [2.05, 4.69) is 27.4 Å².